The zero-order chi connectivity index (χ0) is 25.1. The summed E-state index contributed by atoms with van der Waals surface area (Å²) < 4.78 is 29.3. The molecular weight excluding hydrogens is 452 g/mol. The molecule has 1 aromatic heterocycles. The van der Waals surface area contributed by atoms with Crippen molar-refractivity contribution in [2.75, 3.05) is 6.54 Å². The molecule has 35 heavy (non-hydrogen) atoms. The van der Waals surface area contributed by atoms with Crippen LogP contribution in [-0.2, 0) is 9.59 Å². The molecule has 1 fully saturated rings. The van der Waals surface area contributed by atoms with Gasteiger partial charge in [-0.05, 0) is 35.6 Å². The number of hydrogen-bond acceptors (Lipinski definition) is 4. The van der Waals surface area contributed by atoms with E-state index < -0.39 is 30.1 Å². The van der Waals surface area contributed by atoms with Crippen LogP contribution in [0.4, 0.5) is 8.78 Å². The number of rotatable bonds is 7. The van der Waals surface area contributed by atoms with Crippen molar-refractivity contribution in [2.24, 2.45) is 0 Å². The standard InChI is InChI=1S/C26H29F2N5O2/c1-15(2)20-10-9-18(11-21(20)28)24(17-7-5-4-6-8-17)30-25(34)23-12-19(27)14-33(23)26(35)16(3)22-13-29-32-31-22/h4-11,13,15-16,19,23-24H,12,14H2,1-3H3,(H,30,34)(H,29,31,32)/t16-,19+,23-,24-/m0/s1. The third kappa shape index (κ3) is 5.23. The van der Waals surface area contributed by atoms with E-state index >= 15 is 0 Å². The molecule has 0 bridgehead atoms. The molecule has 0 unspecified atom stereocenters. The van der Waals surface area contributed by atoms with Crippen LogP contribution in [-0.4, -0.2) is 50.9 Å². The van der Waals surface area contributed by atoms with E-state index in [-0.39, 0.29) is 30.6 Å². The topological polar surface area (TPSA) is 91.0 Å². The molecule has 0 saturated carbocycles. The Hall–Kier alpha value is -3.62. The molecule has 184 valence electrons. The predicted octanol–water partition coefficient (Wildman–Crippen LogP) is 4.02. The summed E-state index contributed by atoms with van der Waals surface area (Å²) in [5.74, 6) is -1.87. The van der Waals surface area contributed by atoms with Crippen LogP contribution >= 0.6 is 0 Å². The van der Waals surface area contributed by atoms with Gasteiger partial charge in [-0.15, -0.1) is 5.10 Å². The molecule has 2 amide bonds. The fourth-order valence-electron chi connectivity index (χ4n) is 4.51. The number of carbonyl (C=O) groups excluding carboxylic acids is 2. The van der Waals surface area contributed by atoms with Gasteiger partial charge in [0, 0.05) is 6.42 Å². The van der Waals surface area contributed by atoms with E-state index in [1.165, 1.54) is 17.2 Å². The molecule has 2 heterocycles. The van der Waals surface area contributed by atoms with Crippen molar-refractivity contribution in [1.29, 1.82) is 0 Å². The molecule has 9 heteroatoms. The Morgan fingerprint density at radius 2 is 1.86 bits per heavy atom. The SMILES string of the molecule is CC(C)c1ccc([C@@H](NC(=O)[C@@H]2C[C@@H](F)CN2C(=O)[C@@H](C)c2cnn[nH]2)c2ccccc2)cc1F. The van der Waals surface area contributed by atoms with Crippen LogP contribution in [0, 0.1) is 5.82 Å². The van der Waals surface area contributed by atoms with Crippen LogP contribution < -0.4 is 5.32 Å². The minimum absolute atomic E-state index is 0.0143. The molecule has 0 aliphatic carbocycles. The van der Waals surface area contributed by atoms with Gasteiger partial charge < -0.3 is 10.2 Å². The van der Waals surface area contributed by atoms with Crippen molar-refractivity contribution < 1.29 is 18.4 Å². The number of nitrogens with one attached hydrogen (secondary N) is 2. The Kier molecular flexibility index (Phi) is 7.23. The molecule has 0 spiro atoms. The number of amides is 2. The van der Waals surface area contributed by atoms with Gasteiger partial charge in [0.1, 0.15) is 18.0 Å². The number of alkyl halides is 1. The smallest absolute Gasteiger partial charge is 0.243 e. The second-order valence-electron chi connectivity index (χ2n) is 9.26. The Morgan fingerprint density at radius 3 is 2.49 bits per heavy atom. The summed E-state index contributed by atoms with van der Waals surface area (Å²) >= 11 is 0. The van der Waals surface area contributed by atoms with Crippen molar-refractivity contribution in [3.63, 3.8) is 0 Å². The Labute approximate surface area is 202 Å². The normalized spacial score (nSPS) is 19.5. The maximum atomic E-state index is 14.8. The third-order valence-electron chi connectivity index (χ3n) is 6.51. The van der Waals surface area contributed by atoms with Crippen LogP contribution in [0.5, 0.6) is 0 Å². The Balaban J connectivity index is 1.61. The first kappa shape index (κ1) is 24.5. The number of carbonyl (C=O) groups is 2. The summed E-state index contributed by atoms with van der Waals surface area (Å²) in [5, 5.41) is 12.9. The zero-order valence-corrected chi connectivity index (χ0v) is 19.9. The Bertz CT molecular complexity index is 1170. The van der Waals surface area contributed by atoms with Crippen molar-refractivity contribution >= 4 is 11.8 Å². The number of hydrogen-bond donors (Lipinski definition) is 2. The lowest BCUT2D eigenvalue weighted by Crippen LogP contribution is -2.48. The molecule has 1 saturated heterocycles. The van der Waals surface area contributed by atoms with Crippen molar-refractivity contribution in [3.05, 3.63) is 82.9 Å². The van der Waals surface area contributed by atoms with Crippen LogP contribution in [0.15, 0.2) is 54.7 Å². The third-order valence-corrected chi connectivity index (χ3v) is 6.51. The van der Waals surface area contributed by atoms with Gasteiger partial charge in [0.2, 0.25) is 11.8 Å². The van der Waals surface area contributed by atoms with E-state index in [4.69, 9.17) is 0 Å². The van der Waals surface area contributed by atoms with Gasteiger partial charge in [-0.2, -0.15) is 0 Å². The number of likely N-dealkylation sites (tertiary alicyclic amines) is 1. The lowest BCUT2D eigenvalue weighted by molar-refractivity contribution is -0.139. The minimum atomic E-state index is -1.32. The fraction of sp³-hybridized carbons (Fsp3) is 0.385. The summed E-state index contributed by atoms with van der Waals surface area (Å²) in [4.78, 5) is 27.8. The van der Waals surface area contributed by atoms with E-state index in [1.54, 1.807) is 19.1 Å². The highest BCUT2D eigenvalue weighted by Gasteiger charge is 2.42. The second-order valence-corrected chi connectivity index (χ2v) is 9.26. The molecule has 4 atom stereocenters. The van der Waals surface area contributed by atoms with E-state index in [2.05, 4.69) is 20.7 Å². The van der Waals surface area contributed by atoms with E-state index in [0.717, 1.165) is 5.56 Å². The molecule has 3 aromatic rings. The molecular formula is C26H29F2N5O2. The number of nitrogens with zero attached hydrogens (tertiary/aromatic N) is 3. The number of H-pyrrole nitrogens is 1. The van der Waals surface area contributed by atoms with Gasteiger partial charge >= 0.3 is 0 Å². The lowest BCUT2D eigenvalue weighted by Gasteiger charge is -2.28. The minimum Gasteiger partial charge on any atom is -0.343 e. The highest BCUT2D eigenvalue weighted by atomic mass is 19.1. The first-order valence-electron chi connectivity index (χ1n) is 11.7. The number of aromatic amines is 1. The second kappa shape index (κ2) is 10.3. The summed E-state index contributed by atoms with van der Waals surface area (Å²) in [5.41, 5.74) is 2.39. The van der Waals surface area contributed by atoms with Crippen LogP contribution in [0.1, 0.15) is 67.5 Å². The maximum Gasteiger partial charge on any atom is 0.243 e. The molecule has 1 aliphatic heterocycles. The molecule has 1 aliphatic rings. The van der Waals surface area contributed by atoms with Crippen molar-refractivity contribution in [2.45, 2.75) is 57.3 Å². The van der Waals surface area contributed by atoms with Gasteiger partial charge in [-0.25, -0.2) is 8.78 Å². The summed E-state index contributed by atoms with van der Waals surface area (Å²) in [6, 6.07) is 12.5. The highest BCUT2D eigenvalue weighted by molar-refractivity contribution is 5.91. The first-order valence-corrected chi connectivity index (χ1v) is 11.7. The zero-order valence-electron chi connectivity index (χ0n) is 19.9. The average Bonchev–Trinajstić information content (AvgIpc) is 3.52. The first-order chi connectivity index (χ1) is 16.8. The monoisotopic (exact) mass is 481 g/mol. The van der Waals surface area contributed by atoms with E-state index in [9.17, 15) is 18.4 Å². The number of aromatic nitrogens is 3. The quantitative estimate of drug-likeness (QED) is 0.533. The molecule has 0 radical (unpaired) electrons. The van der Waals surface area contributed by atoms with Crippen molar-refractivity contribution in [1.82, 2.24) is 25.6 Å². The maximum absolute atomic E-state index is 14.8. The van der Waals surface area contributed by atoms with Crippen LogP contribution in [0.2, 0.25) is 0 Å². The fourth-order valence-corrected chi connectivity index (χ4v) is 4.51. The van der Waals surface area contributed by atoms with E-state index in [1.807, 2.05) is 44.2 Å². The van der Waals surface area contributed by atoms with Crippen molar-refractivity contribution in [3.8, 4) is 0 Å². The largest absolute Gasteiger partial charge is 0.343 e. The van der Waals surface area contributed by atoms with Gasteiger partial charge in [-0.3, -0.25) is 14.7 Å². The number of benzene rings is 2. The molecule has 2 aromatic carbocycles. The average molecular weight is 482 g/mol. The summed E-state index contributed by atoms with van der Waals surface area (Å²) in [6.07, 6.45) is 0.00881. The molecule has 7 nitrogen and oxygen atoms in total. The molecule has 2 N–H and O–H groups in total. The summed E-state index contributed by atoms with van der Waals surface area (Å²) in [6.45, 7) is 5.31. The highest BCUT2D eigenvalue weighted by Crippen LogP contribution is 2.29. The van der Waals surface area contributed by atoms with Crippen LogP contribution in [0.25, 0.3) is 0 Å². The van der Waals surface area contributed by atoms with Crippen LogP contribution in [0.3, 0.4) is 0 Å². The van der Waals surface area contributed by atoms with Gasteiger partial charge in [0.15, 0.2) is 0 Å². The summed E-state index contributed by atoms with van der Waals surface area (Å²) in [7, 11) is 0. The molecule has 4 rings (SSSR count). The van der Waals surface area contributed by atoms with Gasteiger partial charge in [-0.1, -0.05) is 61.5 Å². The van der Waals surface area contributed by atoms with Gasteiger partial charge in [0.05, 0.1) is 30.4 Å². The van der Waals surface area contributed by atoms with E-state index in [0.29, 0.717) is 16.8 Å². The number of halogens is 2. The van der Waals surface area contributed by atoms with Gasteiger partial charge in [0.25, 0.3) is 0 Å². The Morgan fingerprint density at radius 1 is 1.11 bits per heavy atom. The predicted molar refractivity (Wildman–Crippen MR) is 127 cm³/mol. The lowest BCUT2D eigenvalue weighted by atomic mass is 9.94.